The molecule has 0 spiro atoms. The van der Waals surface area contributed by atoms with Crippen molar-refractivity contribution in [3.8, 4) is 10.4 Å². The summed E-state index contributed by atoms with van der Waals surface area (Å²) in [7, 11) is 0. The summed E-state index contributed by atoms with van der Waals surface area (Å²) < 4.78 is 13.2. The topological polar surface area (TPSA) is 0 Å². The van der Waals surface area contributed by atoms with Gasteiger partial charge in [0.25, 0.3) is 0 Å². The van der Waals surface area contributed by atoms with Gasteiger partial charge in [0.05, 0.1) is 0 Å². The molecule has 0 radical (unpaired) electrons. The van der Waals surface area contributed by atoms with E-state index in [2.05, 4.69) is 12.6 Å². The number of hydrogen-bond donors (Lipinski definition) is 0. The molecule has 2 heteroatoms. The van der Waals surface area contributed by atoms with Crippen molar-refractivity contribution in [2.75, 3.05) is 0 Å². The minimum atomic E-state index is -0.199. The average molecular weight is 258 g/mol. The smallest absolute Gasteiger partial charge is 0.123 e. The van der Waals surface area contributed by atoms with Crippen molar-refractivity contribution in [2.24, 2.45) is 0 Å². The first-order valence-electron chi connectivity index (χ1n) is 6.32. The third kappa shape index (κ3) is 2.01. The maximum atomic E-state index is 13.2. The van der Waals surface area contributed by atoms with Crippen LogP contribution in [-0.2, 0) is 12.8 Å². The highest BCUT2D eigenvalue weighted by atomic mass is 32.1. The highest BCUT2D eigenvalue weighted by Gasteiger charge is 2.15. The van der Waals surface area contributed by atoms with Crippen molar-refractivity contribution < 1.29 is 4.39 Å². The molecule has 0 unspecified atom stereocenters. The molecule has 0 fully saturated rings. The molecule has 1 aliphatic carbocycles. The Morgan fingerprint density at radius 2 is 2.00 bits per heavy atom. The zero-order chi connectivity index (χ0) is 12.5. The summed E-state index contributed by atoms with van der Waals surface area (Å²) in [5.41, 5.74) is 3.47. The molecule has 2 aromatic rings. The van der Waals surface area contributed by atoms with Crippen LogP contribution < -0.4 is 0 Å². The zero-order valence-corrected chi connectivity index (χ0v) is 11.0. The van der Waals surface area contributed by atoms with Gasteiger partial charge in [-0.15, -0.1) is 11.3 Å². The quantitative estimate of drug-likeness (QED) is 0.705. The molecular weight excluding hydrogens is 243 g/mol. The van der Waals surface area contributed by atoms with Gasteiger partial charge >= 0.3 is 0 Å². The summed E-state index contributed by atoms with van der Waals surface area (Å²) in [6, 6.07) is 7.23. The van der Waals surface area contributed by atoms with Crippen LogP contribution in [0.25, 0.3) is 16.5 Å². The first-order chi connectivity index (χ1) is 8.78. The van der Waals surface area contributed by atoms with Gasteiger partial charge in [-0.3, -0.25) is 0 Å². The van der Waals surface area contributed by atoms with Gasteiger partial charge in [-0.05, 0) is 60.6 Å². The van der Waals surface area contributed by atoms with E-state index >= 15 is 0 Å². The van der Waals surface area contributed by atoms with E-state index in [1.165, 1.54) is 47.1 Å². The third-order valence-corrected chi connectivity index (χ3v) is 4.77. The summed E-state index contributed by atoms with van der Waals surface area (Å²) in [5, 5.41) is 0. The summed E-state index contributed by atoms with van der Waals surface area (Å²) >= 11 is 1.85. The van der Waals surface area contributed by atoms with E-state index in [-0.39, 0.29) is 5.82 Å². The molecule has 3 rings (SSSR count). The summed E-state index contributed by atoms with van der Waals surface area (Å²) in [4.78, 5) is 2.76. The van der Waals surface area contributed by atoms with Gasteiger partial charge in [0.2, 0.25) is 0 Å². The van der Waals surface area contributed by atoms with Crippen LogP contribution in [0, 0.1) is 5.82 Å². The van der Waals surface area contributed by atoms with E-state index < -0.39 is 0 Å². The first-order valence-corrected chi connectivity index (χ1v) is 7.13. The molecule has 0 bridgehead atoms. The highest BCUT2D eigenvalue weighted by Crippen LogP contribution is 2.37. The van der Waals surface area contributed by atoms with Crippen molar-refractivity contribution in [1.29, 1.82) is 0 Å². The summed E-state index contributed by atoms with van der Waals surface area (Å²) in [6.07, 6.45) is 6.71. The highest BCUT2D eigenvalue weighted by molar-refractivity contribution is 7.15. The van der Waals surface area contributed by atoms with Crippen molar-refractivity contribution in [1.82, 2.24) is 0 Å². The molecule has 1 aromatic carbocycles. The minimum Gasteiger partial charge on any atom is -0.207 e. The Balaban J connectivity index is 2.09. The molecular formula is C16H15FS. The van der Waals surface area contributed by atoms with Crippen LogP contribution in [-0.4, -0.2) is 0 Å². The Labute approximate surface area is 111 Å². The lowest BCUT2D eigenvalue weighted by Gasteiger charge is -2.08. The van der Waals surface area contributed by atoms with Crippen LogP contribution in [0.4, 0.5) is 4.39 Å². The SMILES string of the molecule is C=Cc1cc(F)ccc1-c1cc2c(s1)CCCC2. The fourth-order valence-electron chi connectivity index (χ4n) is 2.55. The van der Waals surface area contributed by atoms with Crippen LogP contribution in [0.2, 0.25) is 0 Å². The molecule has 1 aromatic heterocycles. The number of benzene rings is 1. The Morgan fingerprint density at radius 3 is 2.78 bits per heavy atom. The lowest BCUT2D eigenvalue weighted by atomic mass is 9.98. The minimum absolute atomic E-state index is 0.199. The molecule has 1 heterocycles. The Hall–Kier alpha value is -1.41. The normalized spacial score (nSPS) is 14.3. The number of hydrogen-bond acceptors (Lipinski definition) is 1. The van der Waals surface area contributed by atoms with E-state index in [0.29, 0.717) is 0 Å². The van der Waals surface area contributed by atoms with Gasteiger partial charge in [-0.1, -0.05) is 18.7 Å². The van der Waals surface area contributed by atoms with Gasteiger partial charge in [-0.25, -0.2) is 4.39 Å². The number of thiophene rings is 1. The molecule has 0 amide bonds. The second kappa shape index (κ2) is 4.69. The maximum absolute atomic E-state index is 13.2. The maximum Gasteiger partial charge on any atom is 0.123 e. The lowest BCUT2D eigenvalue weighted by Crippen LogP contribution is -1.96. The summed E-state index contributed by atoms with van der Waals surface area (Å²) in [5.74, 6) is -0.199. The van der Waals surface area contributed by atoms with Gasteiger partial charge < -0.3 is 0 Å². The molecule has 0 saturated carbocycles. The molecule has 0 aliphatic heterocycles. The standard InChI is InChI=1S/C16H15FS/c1-2-11-9-13(17)7-8-14(11)16-10-12-5-3-4-6-15(12)18-16/h2,7-10H,1,3-6H2. The number of aryl methyl sites for hydroxylation is 2. The van der Waals surface area contributed by atoms with Crippen molar-refractivity contribution >= 4 is 17.4 Å². The molecule has 0 atom stereocenters. The Morgan fingerprint density at radius 1 is 1.17 bits per heavy atom. The van der Waals surface area contributed by atoms with Gasteiger partial charge in [0.15, 0.2) is 0 Å². The van der Waals surface area contributed by atoms with E-state index in [4.69, 9.17) is 0 Å². The number of fused-ring (bicyclic) bond motifs is 1. The van der Waals surface area contributed by atoms with Crippen molar-refractivity contribution in [3.63, 3.8) is 0 Å². The van der Waals surface area contributed by atoms with E-state index in [1.54, 1.807) is 12.1 Å². The molecule has 0 saturated heterocycles. The lowest BCUT2D eigenvalue weighted by molar-refractivity contribution is 0.627. The average Bonchev–Trinajstić information content (AvgIpc) is 2.82. The predicted octanol–water partition coefficient (Wildman–Crippen LogP) is 5.08. The van der Waals surface area contributed by atoms with Gasteiger partial charge in [-0.2, -0.15) is 0 Å². The van der Waals surface area contributed by atoms with Crippen molar-refractivity contribution in [3.05, 3.63) is 52.7 Å². The van der Waals surface area contributed by atoms with Crippen LogP contribution in [0.1, 0.15) is 28.8 Å². The number of halogens is 1. The Kier molecular flexibility index (Phi) is 3.04. The fourth-order valence-corrected chi connectivity index (χ4v) is 3.85. The molecule has 1 aliphatic rings. The zero-order valence-electron chi connectivity index (χ0n) is 10.2. The third-order valence-electron chi connectivity index (χ3n) is 3.50. The van der Waals surface area contributed by atoms with Crippen LogP contribution in [0.3, 0.4) is 0 Å². The molecule has 0 nitrogen and oxygen atoms in total. The van der Waals surface area contributed by atoms with Crippen LogP contribution in [0.15, 0.2) is 30.8 Å². The fraction of sp³-hybridized carbons (Fsp3) is 0.250. The monoisotopic (exact) mass is 258 g/mol. The van der Waals surface area contributed by atoms with Crippen molar-refractivity contribution in [2.45, 2.75) is 25.7 Å². The first kappa shape index (κ1) is 11.7. The van der Waals surface area contributed by atoms with E-state index in [0.717, 1.165) is 11.1 Å². The van der Waals surface area contributed by atoms with E-state index in [1.807, 2.05) is 17.4 Å². The van der Waals surface area contributed by atoms with Crippen LogP contribution >= 0.6 is 11.3 Å². The molecule has 0 N–H and O–H groups in total. The molecule has 92 valence electrons. The van der Waals surface area contributed by atoms with E-state index in [9.17, 15) is 4.39 Å². The predicted molar refractivity (Wildman–Crippen MR) is 76.4 cm³/mol. The second-order valence-corrected chi connectivity index (χ2v) is 5.84. The van der Waals surface area contributed by atoms with Gasteiger partial charge in [0, 0.05) is 9.75 Å². The second-order valence-electron chi connectivity index (χ2n) is 4.70. The molecule has 18 heavy (non-hydrogen) atoms. The largest absolute Gasteiger partial charge is 0.207 e. The summed E-state index contributed by atoms with van der Waals surface area (Å²) in [6.45, 7) is 3.78. The van der Waals surface area contributed by atoms with Crippen LogP contribution in [0.5, 0.6) is 0 Å². The van der Waals surface area contributed by atoms with Gasteiger partial charge in [0.1, 0.15) is 5.82 Å². The Bertz CT molecular complexity index is 572. The number of rotatable bonds is 2.